The summed E-state index contributed by atoms with van der Waals surface area (Å²) in [5.41, 5.74) is 0.923. The summed E-state index contributed by atoms with van der Waals surface area (Å²) in [6.45, 7) is 12.3. The van der Waals surface area contributed by atoms with Gasteiger partial charge in [0.05, 0.1) is 6.54 Å². The molecule has 0 fully saturated rings. The third-order valence-electron chi connectivity index (χ3n) is 3.70. The van der Waals surface area contributed by atoms with E-state index in [2.05, 4.69) is 32.6 Å². The number of aryl methyl sites for hydroxylation is 2. The normalized spacial score (nSPS) is 12.9. The van der Waals surface area contributed by atoms with Crippen LogP contribution in [-0.4, -0.2) is 29.8 Å². The Labute approximate surface area is 121 Å². The van der Waals surface area contributed by atoms with Crippen molar-refractivity contribution in [1.82, 2.24) is 4.90 Å². The number of unbranched alkanes of at least 4 members (excludes halogenated alkanes) is 1. The summed E-state index contributed by atoms with van der Waals surface area (Å²) >= 11 is 1.72. The molecule has 0 bridgehead atoms. The van der Waals surface area contributed by atoms with Gasteiger partial charge in [0.2, 0.25) is 0 Å². The molecule has 0 spiro atoms. The summed E-state index contributed by atoms with van der Waals surface area (Å²) < 4.78 is 0. The monoisotopic (exact) mass is 281 g/mol. The smallest absolute Gasteiger partial charge is 0.177 e. The summed E-state index contributed by atoms with van der Waals surface area (Å²) in [5, 5.41) is 0. The molecule has 0 amide bonds. The van der Waals surface area contributed by atoms with Crippen molar-refractivity contribution in [2.45, 2.75) is 59.9 Å². The molecule has 1 aromatic heterocycles. The second kappa shape index (κ2) is 7.81. The van der Waals surface area contributed by atoms with Crippen molar-refractivity contribution < 1.29 is 4.79 Å². The highest BCUT2D eigenvalue weighted by atomic mass is 32.1. The summed E-state index contributed by atoms with van der Waals surface area (Å²) in [4.78, 5) is 17.2. The lowest BCUT2D eigenvalue weighted by atomic mass is 10.1. The van der Waals surface area contributed by atoms with E-state index in [9.17, 15) is 4.79 Å². The molecule has 1 unspecified atom stereocenters. The number of ketones is 1. The largest absolute Gasteiger partial charge is 0.293 e. The Hall–Kier alpha value is -0.670. The number of nitrogens with zero attached hydrogens (tertiary/aromatic N) is 1. The number of carbonyl (C=O) groups excluding carboxylic acids is 1. The van der Waals surface area contributed by atoms with Gasteiger partial charge in [0.1, 0.15) is 0 Å². The van der Waals surface area contributed by atoms with Gasteiger partial charge in [-0.05, 0) is 46.2 Å². The van der Waals surface area contributed by atoms with E-state index in [1.54, 1.807) is 11.3 Å². The van der Waals surface area contributed by atoms with E-state index in [1.165, 1.54) is 17.7 Å². The fraction of sp³-hybridized carbons (Fsp3) is 0.688. The SMILES string of the molecule is CCCCN(CC(=O)c1cc(C)sc1C)C(C)CC. The van der Waals surface area contributed by atoms with Crippen LogP contribution in [0.3, 0.4) is 0 Å². The first-order valence-electron chi connectivity index (χ1n) is 7.33. The van der Waals surface area contributed by atoms with Crippen LogP contribution in [0.2, 0.25) is 0 Å². The first-order valence-corrected chi connectivity index (χ1v) is 8.15. The zero-order valence-corrected chi connectivity index (χ0v) is 13.8. The molecule has 19 heavy (non-hydrogen) atoms. The first-order chi connectivity index (χ1) is 8.99. The number of thiophene rings is 1. The van der Waals surface area contributed by atoms with Gasteiger partial charge in [0.25, 0.3) is 0 Å². The minimum Gasteiger partial charge on any atom is -0.293 e. The molecule has 0 N–H and O–H groups in total. The molecule has 0 saturated heterocycles. The first kappa shape index (κ1) is 16.4. The molecule has 1 heterocycles. The van der Waals surface area contributed by atoms with Gasteiger partial charge in [-0.2, -0.15) is 0 Å². The topological polar surface area (TPSA) is 20.3 Å². The lowest BCUT2D eigenvalue weighted by molar-refractivity contribution is 0.0894. The number of Topliss-reactive ketones (excluding diaryl/α,β-unsaturated/α-hetero) is 1. The molecule has 0 radical (unpaired) electrons. The van der Waals surface area contributed by atoms with Gasteiger partial charge < -0.3 is 0 Å². The van der Waals surface area contributed by atoms with Gasteiger partial charge in [-0.25, -0.2) is 0 Å². The highest BCUT2D eigenvalue weighted by Gasteiger charge is 2.18. The molecular weight excluding hydrogens is 254 g/mol. The van der Waals surface area contributed by atoms with E-state index in [4.69, 9.17) is 0 Å². The van der Waals surface area contributed by atoms with E-state index >= 15 is 0 Å². The Bertz CT molecular complexity index is 411. The van der Waals surface area contributed by atoms with Crippen molar-refractivity contribution >= 4 is 17.1 Å². The van der Waals surface area contributed by atoms with Crippen LogP contribution >= 0.6 is 11.3 Å². The summed E-state index contributed by atoms with van der Waals surface area (Å²) in [6.07, 6.45) is 3.44. The second-order valence-electron chi connectivity index (χ2n) is 5.33. The molecule has 1 rings (SSSR count). The molecule has 0 aliphatic heterocycles. The molecule has 2 nitrogen and oxygen atoms in total. The van der Waals surface area contributed by atoms with Crippen LogP contribution in [0, 0.1) is 13.8 Å². The maximum Gasteiger partial charge on any atom is 0.177 e. The minimum atomic E-state index is 0.276. The van der Waals surface area contributed by atoms with Gasteiger partial charge in [0.15, 0.2) is 5.78 Å². The zero-order valence-electron chi connectivity index (χ0n) is 13.0. The lowest BCUT2D eigenvalue weighted by Crippen LogP contribution is -2.37. The predicted molar refractivity (Wildman–Crippen MR) is 84.4 cm³/mol. The average Bonchev–Trinajstić information content (AvgIpc) is 2.72. The molecular formula is C16H27NOS. The molecule has 0 aromatic carbocycles. The molecule has 0 aliphatic rings. The Kier molecular flexibility index (Phi) is 6.73. The second-order valence-corrected chi connectivity index (χ2v) is 6.79. The van der Waals surface area contributed by atoms with Gasteiger partial charge in [-0.3, -0.25) is 9.69 Å². The van der Waals surface area contributed by atoms with Gasteiger partial charge in [-0.1, -0.05) is 20.3 Å². The fourth-order valence-corrected chi connectivity index (χ4v) is 3.19. The van der Waals surface area contributed by atoms with E-state index in [-0.39, 0.29) is 5.78 Å². The van der Waals surface area contributed by atoms with Crippen molar-refractivity contribution in [3.8, 4) is 0 Å². The van der Waals surface area contributed by atoms with Crippen LogP contribution in [0.15, 0.2) is 6.07 Å². The van der Waals surface area contributed by atoms with Crippen molar-refractivity contribution in [2.75, 3.05) is 13.1 Å². The highest BCUT2D eigenvalue weighted by Crippen LogP contribution is 2.21. The number of rotatable bonds is 8. The maximum atomic E-state index is 12.4. The fourth-order valence-electron chi connectivity index (χ4n) is 2.25. The van der Waals surface area contributed by atoms with Gasteiger partial charge >= 0.3 is 0 Å². The maximum absolute atomic E-state index is 12.4. The number of hydrogen-bond donors (Lipinski definition) is 0. The summed E-state index contributed by atoms with van der Waals surface area (Å²) in [5.74, 6) is 0.276. The number of carbonyl (C=O) groups is 1. The standard InChI is InChI=1S/C16H27NOS/c1-6-8-9-17(12(3)7-2)11-16(18)15-10-13(4)19-14(15)5/h10,12H,6-9,11H2,1-5H3. The van der Waals surface area contributed by atoms with Crippen molar-refractivity contribution in [3.05, 3.63) is 21.4 Å². The minimum absolute atomic E-state index is 0.276. The number of hydrogen-bond acceptors (Lipinski definition) is 3. The van der Waals surface area contributed by atoms with Crippen LogP contribution in [0.5, 0.6) is 0 Å². The molecule has 1 aromatic rings. The van der Waals surface area contributed by atoms with Gasteiger partial charge in [-0.15, -0.1) is 11.3 Å². The Morgan fingerprint density at radius 1 is 1.37 bits per heavy atom. The third-order valence-corrected chi connectivity index (χ3v) is 4.67. The molecule has 108 valence electrons. The van der Waals surface area contributed by atoms with Crippen LogP contribution in [0.1, 0.15) is 60.1 Å². The van der Waals surface area contributed by atoms with Crippen LogP contribution in [0.4, 0.5) is 0 Å². The van der Waals surface area contributed by atoms with E-state index in [1.807, 2.05) is 13.0 Å². The van der Waals surface area contributed by atoms with Crippen LogP contribution in [-0.2, 0) is 0 Å². The van der Waals surface area contributed by atoms with E-state index in [0.29, 0.717) is 12.6 Å². The quantitative estimate of drug-likeness (QED) is 0.656. The summed E-state index contributed by atoms with van der Waals surface area (Å²) in [6, 6.07) is 2.52. The van der Waals surface area contributed by atoms with Crippen molar-refractivity contribution in [3.63, 3.8) is 0 Å². The van der Waals surface area contributed by atoms with Gasteiger partial charge in [0, 0.05) is 21.4 Å². The highest BCUT2D eigenvalue weighted by molar-refractivity contribution is 7.12. The average molecular weight is 281 g/mol. The molecule has 1 atom stereocenters. The van der Waals surface area contributed by atoms with Crippen molar-refractivity contribution in [2.24, 2.45) is 0 Å². The van der Waals surface area contributed by atoms with Crippen LogP contribution < -0.4 is 0 Å². The Morgan fingerprint density at radius 3 is 2.53 bits per heavy atom. The third kappa shape index (κ3) is 4.73. The van der Waals surface area contributed by atoms with Crippen LogP contribution in [0.25, 0.3) is 0 Å². The lowest BCUT2D eigenvalue weighted by Gasteiger charge is -2.27. The Balaban J connectivity index is 2.72. The molecule has 0 saturated carbocycles. The molecule has 0 aliphatic carbocycles. The Morgan fingerprint density at radius 2 is 2.05 bits per heavy atom. The molecule has 3 heteroatoms. The van der Waals surface area contributed by atoms with E-state index in [0.717, 1.165) is 23.4 Å². The van der Waals surface area contributed by atoms with E-state index < -0.39 is 0 Å². The zero-order chi connectivity index (χ0) is 14.4. The predicted octanol–water partition coefficient (Wildman–Crippen LogP) is 4.45. The summed E-state index contributed by atoms with van der Waals surface area (Å²) in [7, 11) is 0. The van der Waals surface area contributed by atoms with Crippen molar-refractivity contribution in [1.29, 1.82) is 0 Å².